The Morgan fingerprint density at radius 1 is 1.36 bits per heavy atom. The van der Waals surface area contributed by atoms with Gasteiger partial charge in [0.2, 0.25) is 0 Å². The predicted molar refractivity (Wildman–Crippen MR) is 95.1 cm³/mol. The number of amides is 1. The van der Waals surface area contributed by atoms with Crippen molar-refractivity contribution < 1.29 is 22.7 Å². The van der Waals surface area contributed by atoms with Gasteiger partial charge in [-0.1, -0.05) is 12.1 Å². The van der Waals surface area contributed by atoms with Crippen molar-refractivity contribution in [2.45, 2.75) is 17.4 Å². The molecule has 8 nitrogen and oxygen atoms in total. The fourth-order valence-electron chi connectivity index (χ4n) is 2.16. The molecule has 1 heterocycles. The van der Waals surface area contributed by atoms with Crippen molar-refractivity contribution in [2.24, 2.45) is 4.99 Å². The molecule has 2 N–H and O–H groups in total. The number of likely N-dealkylation sites (N-methyl/N-ethyl adjacent to an activating group) is 1. The number of carbonyl (C=O) groups excluding carboxylic acids is 2. The molecule has 1 aromatic rings. The molecule has 0 radical (unpaired) electrons. The molecule has 0 unspecified atom stereocenters. The summed E-state index contributed by atoms with van der Waals surface area (Å²) >= 11 is 1.52. The van der Waals surface area contributed by atoms with Gasteiger partial charge in [0.05, 0.1) is 4.90 Å². The first-order valence-electron chi connectivity index (χ1n) is 7.45. The first kappa shape index (κ1) is 19.3. The van der Waals surface area contributed by atoms with Gasteiger partial charge in [-0.3, -0.25) is 14.5 Å². The van der Waals surface area contributed by atoms with Crippen LogP contribution in [0.4, 0.5) is 0 Å². The van der Waals surface area contributed by atoms with Crippen LogP contribution in [0.3, 0.4) is 0 Å². The number of hydrogen-bond acceptors (Lipinski definition) is 7. The van der Waals surface area contributed by atoms with Gasteiger partial charge < -0.3 is 10.1 Å². The number of carbonyl (C=O) groups is 2. The van der Waals surface area contributed by atoms with Crippen LogP contribution in [0.15, 0.2) is 34.2 Å². The minimum absolute atomic E-state index is 0.110. The first-order valence-corrected chi connectivity index (χ1v) is 10.3. The fraction of sp³-hybridized carbons (Fsp3) is 0.400. The molecule has 1 aliphatic heterocycles. The number of benzene rings is 1. The number of rotatable bonds is 7. The molecule has 1 aliphatic rings. The largest absolute Gasteiger partial charge is 0.454 e. The summed E-state index contributed by atoms with van der Waals surface area (Å²) in [4.78, 5) is 27.8. The standard InChI is InChI=1S/C15H19N3O5S2/c1-16-13(19)9-23-15(20)11(7-8-24-2)17-14-10-5-3-4-6-12(10)25(21,22)18-14/h3-6,11H,7-9H2,1-2H3,(H,16,19)(H,17,18)/t11-/m1/s1. The first-order chi connectivity index (χ1) is 11.9. The maximum Gasteiger partial charge on any atom is 0.331 e. The molecule has 136 valence electrons. The molecule has 0 fully saturated rings. The molecule has 25 heavy (non-hydrogen) atoms. The van der Waals surface area contributed by atoms with Gasteiger partial charge >= 0.3 is 5.97 Å². The minimum Gasteiger partial charge on any atom is -0.454 e. The molecule has 0 spiro atoms. The van der Waals surface area contributed by atoms with E-state index in [0.29, 0.717) is 17.7 Å². The molecular formula is C15H19N3O5S2. The van der Waals surface area contributed by atoms with Crippen LogP contribution < -0.4 is 10.0 Å². The Balaban J connectivity index is 2.26. The van der Waals surface area contributed by atoms with Crippen molar-refractivity contribution in [1.29, 1.82) is 0 Å². The monoisotopic (exact) mass is 385 g/mol. The van der Waals surface area contributed by atoms with Crippen LogP contribution in [0.1, 0.15) is 12.0 Å². The Bertz CT molecular complexity index is 792. The number of nitrogens with one attached hydrogen (secondary N) is 2. The number of ether oxygens (including phenoxy) is 1. The van der Waals surface area contributed by atoms with E-state index in [1.165, 1.54) is 24.9 Å². The van der Waals surface area contributed by atoms with Crippen molar-refractivity contribution in [3.05, 3.63) is 29.8 Å². The van der Waals surface area contributed by atoms with E-state index >= 15 is 0 Å². The van der Waals surface area contributed by atoms with Crippen LogP contribution in [0, 0.1) is 0 Å². The third kappa shape index (κ3) is 4.73. The zero-order valence-corrected chi connectivity index (χ0v) is 15.4. The lowest BCUT2D eigenvalue weighted by Gasteiger charge is -2.12. The molecule has 1 atom stereocenters. The van der Waals surface area contributed by atoms with Crippen LogP contribution in [0.2, 0.25) is 0 Å². The summed E-state index contributed by atoms with van der Waals surface area (Å²) in [6, 6.07) is 5.50. The van der Waals surface area contributed by atoms with Gasteiger partial charge in [0.25, 0.3) is 15.9 Å². The van der Waals surface area contributed by atoms with Crippen LogP contribution in [-0.4, -0.2) is 57.8 Å². The number of thioether (sulfide) groups is 1. The van der Waals surface area contributed by atoms with E-state index in [2.05, 4.69) is 15.0 Å². The number of aliphatic imine (C=N–C) groups is 1. The van der Waals surface area contributed by atoms with E-state index in [-0.39, 0.29) is 10.7 Å². The Morgan fingerprint density at radius 3 is 2.76 bits per heavy atom. The smallest absolute Gasteiger partial charge is 0.331 e. The second-order valence-corrected chi connectivity index (χ2v) is 7.79. The van der Waals surface area contributed by atoms with Gasteiger partial charge in [-0.2, -0.15) is 11.8 Å². The topological polar surface area (TPSA) is 114 Å². The van der Waals surface area contributed by atoms with E-state index in [1.807, 2.05) is 6.26 Å². The number of esters is 1. The normalized spacial score (nSPS) is 17.4. The van der Waals surface area contributed by atoms with E-state index in [1.54, 1.807) is 18.2 Å². The summed E-state index contributed by atoms with van der Waals surface area (Å²) in [6.07, 6.45) is 2.24. The predicted octanol–water partition coefficient (Wildman–Crippen LogP) is 0.136. The number of nitrogens with zero attached hydrogens (tertiary/aromatic N) is 1. The van der Waals surface area contributed by atoms with Crippen LogP contribution in [0.5, 0.6) is 0 Å². The van der Waals surface area contributed by atoms with E-state index in [0.717, 1.165) is 0 Å². The Labute approximate surface area is 150 Å². The number of fused-ring (bicyclic) bond motifs is 1. The molecule has 1 amide bonds. The summed E-state index contributed by atoms with van der Waals surface area (Å²) in [5, 5.41) is 2.35. The second-order valence-electron chi connectivity index (χ2n) is 5.16. The number of amidine groups is 1. The summed E-state index contributed by atoms with van der Waals surface area (Å²) in [5.74, 6) is -0.367. The van der Waals surface area contributed by atoms with Gasteiger partial charge in [0, 0.05) is 12.6 Å². The Morgan fingerprint density at radius 2 is 2.08 bits per heavy atom. The second kappa shape index (κ2) is 8.34. The maximum atomic E-state index is 12.2. The highest BCUT2D eigenvalue weighted by Crippen LogP contribution is 2.23. The average Bonchev–Trinajstić information content (AvgIpc) is 2.87. The maximum absolute atomic E-state index is 12.2. The van der Waals surface area contributed by atoms with Gasteiger partial charge in [0.15, 0.2) is 12.6 Å². The molecule has 2 rings (SSSR count). The Hall–Kier alpha value is -2.07. The highest BCUT2D eigenvalue weighted by Gasteiger charge is 2.32. The quantitative estimate of drug-likeness (QED) is 0.645. The molecular weight excluding hydrogens is 366 g/mol. The average molecular weight is 385 g/mol. The summed E-state index contributed by atoms with van der Waals surface area (Å²) in [7, 11) is -2.24. The number of sulfonamides is 1. The summed E-state index contributed by atoms with van der Waals surface area (Å²) in [6.45, 7) is -0.404. The molecule has 0 aromatic heterocycles. The van der Waals surface area contributed by atoms with Crippen molar-refractivity contribution in [3.63, 3.8) is 0 Å². The third-order valence-corrected chi connectivity index (χ3v) is 5.48. The molecule has 1 aromatic carbocycles. The lowest BCUT2D eigenvalue weighted by Crippen LogP contribution is -2.31. The van der Waals surface area contributed by atoms with Crippen molar-refractivity contribution in [3.8, 4) is 0 Å². The minimum atomic E-state index is -3.68. The highest BCUT2D eigenvalue weighted by molar-refractivity contribution is 7.98. The molecule has 10 heteroatoms. The van der Waals surface area contributed by atoms with Crippen molar-refractivity contribution >= 4 is 39.5 Å². The zero-order chi connectivity index (χ0) is 18.4. The third-order valence-electron chi connectivity index (χ3n) is 3.44. The van der Waals surface area contributed by atoms with Gasteiger partial charge in [0.1, 0.15) is 5.84 Å². The van der Waals surface area contributed by atoms with Crippen LogP contribution in [0.25, 0.3) is 0 Å². The van der Waals surface area contributed by atoms with Gasteiger partial charge in [-0.05, 0) is 30.6 Å². The molecule has 0 bridgehead atoms. The molecule has 0 saturated carbocycles. The van der Waals surface area contributed by atoms with Gasteiger partial charge in [-0.25, -0.2) is 13.2 Å². The summed E-state index contributed by atoms with van der Waals surface area (Å²) in [5.41, 5.74) is 0.413. The number of hydrogen-bond donors (Lipinski definition) is 2. The van der Waals surface area contributed by atoms with E-state index < -0.39 is 34.5 Å². The van der Waals surface area contributed by atoms with Crippen LogP contribution >= 0.6 is 11.8 Å². The van der Waals surface area contributed by atoms with Gasteiger partial charge in [-0.15, -0.1) is 0 Å². The molecule has 0 aliphatic carbocycles. The Kier molecular flexibility index (Phi) is 6.43. The fourth-order valence-corrected chi connectivity index (χ4v) is 3.85. The van der Waals surface area contributed by atoms with Crippen molar-refractivity contribution in [2.75, 3.05) is 25.7 Å². The van der Waals surface area contributed by atoms with E-state index in [9.17, 15) is 18.0 Å². The highest BCUT2D eigenvalue weighted by atomic mass is 32.2. The lowest BCUT2D eigenvalue weighted by atomic mass is 10.2. The van der Waals surface area contributed by atoms with Crippen LogP contribution in [-0.2, 0) is 24.3 Å². The van der Waals surface area contributed by atoms with Crippen molar-refractivity contribution in [1.82, 2.24) is 10.0 Å². The summed E-state index contributed by atoms with van der Waals surface area (Å²) < 4.78 is 31.6. The zero-order valence-electron chi connectivity index (χ0n) is 13.8. The lowest BCUT2D eigenvalue weighted by molar-refractivity contribution is -0.149. The van der Waals surface area contributed by atoms with E-state index in [4.69, 9.17) is 4.74 Å². The SMILES string of the molecule is CNC(=O)COC(=O)[C@@H](CCSC)N=C1NS(=O)(=O)c2ccccc21. The molecule has 0 saturated heterocycles.